The van der Waals surface area contributed by atoms with Gasteiger partial charge in [0.25, 0.3) is 10.0 Å². The molecular formula is C14H12BrNO3S. The zero-order chi connectivity index (χ0) is 14.8. The Bertz CT molecular complexity index is 740. The molecule has 0 radical (unpaired) electrons. The zero-order valence-electron chi connectivity index (χ0n) is 10.6. The van der Waals surface area contributed by atoms with Gasteiger partial charge in [-0.05, 0) is 37.3 Å². The predicted molar refractivity (Wildman–Crippen MR) is 81.5 cm³/mol. The van der Waals surface area contributed by atoms with Crippen molar-refractivity contribution in [2.75, 3.05) is 4.72 Å². The van der Waals surface area contributed by atoms with Gasteiger partial charge in [0.05, 0.1) is 10.6 Å². The first kappa shape index (κ1) is 14.7. The van der Waals surface area contributed by atoms with Gasteiger partial charge in [0, 0.05) is 10.0 Å². The van der Waals surface area contributed by atoms with Gasteiger partial charge in [-0.2, -0.15) is 0 Å². The fraction of sp³-hybridized carbons (Fsp3) is 0.0714. The van der Waals surface area contributed by atoms with Gasteiger partial charge in [-0.25, -0.2) is 8.42 Å². The normalized spacial score (nSPS) is 11.1. The van der Waals surface area contributed by atoms with E-state index in [-0.39, 0.29) is 16.1 Å². The van der Waals surface area contributed by atoms with Crippen molar-refractivity contribution in [3.05, 3.63) is 58.1 Å². The molecule has 0 fully saturated rings. The molecule has 0 bridgehead atoms. The molecule has 104 valence electrons. The average molecular weight is 354 g/mol. The summed E-state index contributed by atoms with van der Waals surface area (Å²) in [6.07, 6.45) is 0.609. The molecule has 0 aromatic heterocycles. The number of benzene rings is 2. The SMILES string of the molecule is Cc1ccc(S(=O)(=O)Nc2ccc(Br)cc2C=O)cc1. The smallest absolute Gasteiger partial charge is 0.261 e. The molecule has 20 heavy (non-hydrogen) atoms. The lowest BCUT2D eigenvalue weighted by Crippen LogP contribution is -2.14. The summed E-state index contributed by atoms with van der Waals surface area (Å²) in [6, 6.07) is 11.3. The molecule has 0 unspecified atom stereocenters. The molecule has 6 heteroatoms. The van der Waals surface area contributed by atoms with E-state index in [9.17, 15) is 13.2 Å². The maximum absolute atomic E-state index is 12.2. The van der Waals surface area contributed by atoms with Gasteiger partial charge in [0.15, 0.2) is 6.29 Å². The highest BCUT2D eigenvalue weighted by Crippen LogP contribution is 2.22. The van der Waals surface area contributed by atoms with E-state index in [1.807, 2.05) is 6.92 Å². The number of halogens is 1. The minimum absolute atomic E-state index is 0.155. The molecule has 0 atom stereocenters. The standard InChI is InChI=1S/C14H12BrNO3S/c1-10-2-5-13(6-3-10)20(18,19)16-14-7-4-12(15)8-11(14)9-17/h2-9,16H,1H3. The maximum Gasteiger partial charge on any atom is 0.261 e. The third-order valence-corrected chi connectivity index (χ3v) is 4.59. The van der Waals surface area contributed by atoms with Crippen molar-refractivity contribution in [3.8, 4) is 0 Å². The van der Waals surface area contributed by atoms with Crippen LogP contribution in [-0.2, 0) is 10.0 Å². The Kier molecular flexibility index (Phi) is 4.25. The van der Waals surface area contributed by atoms with Gasteiger partial charge in [0.2, 0.25) is 0 Å². The summed E-state index contributed by atoms with van der Waals surface area (Å²) in [5.74, 6) is 0. The summed E-state index contributed by atoms with van der Waals surface area (Å²) in [5.41, 5.74) is 1.50. The molecule has 4 nitrogen and oxygen atoms in total. The van der Waals surface area contributed by atoms with Crippen LogP contribution in [0, 0.1) is 6.92 Å². The number of aldehydes is 1. The molecule has 1 N–H and O–H groups in total. The lowest BCUT2D eigenvalue weighted by Gasteiger charge is -2.10. The summed E-state index contributed by atoms with van der Waals surface area (Å²) in [6.45, 7) is 1.88. The van der Waals surface area contributed by atoms with Crippen LogP contribution in [0.15, 0.2) is 51.8 Å². The minimum Gasteiger partial charge on any atom is -0.298 e. The zero-order valence-corrected chi connectivity index (χ0v) is 13.0. The van der Waals surface area contributed by atoms with Crippen LogP contribution in [0.25, 0.3) is 0 Å². The molecule has 2 aromatic rings. The molecular weight excluding hydrogens is 342 g/mol. The minimum atomic E-state index is -3.70. The van der Waals surface area contributed by atoms with Crippen molar-refractivity contribution in [2.45, 2.75) is 11.8 Å². The Balaban J connectivity index is 2.38. The van der Waals surface area contributed by atoms with E-state index in [0.717, 1.165) is 5.56 Å². The number of sulfonamides is 1. The highest BCUT2D eigenvalue weighted by atomic mass is 79.9. The number of anilines is 1. The second-order valence-corrected chi connectivity index (χ2v) is 6.87. The van der Waals surface area contributed by atoms with Crippen molar-refractivity contribution in [3.63, 3.8) is 0 Å². The lowest BCUT2D eigenvalue weighted by molar-refractivity contribution is 0.112. The molecule has 0 aliphatic heterocycles. The quantitative estimate of drug-likeness (QED) is 0.857. The number of carbonyl (C=O) groups is 1. The third kappa shape index (κ3) is 3.26. The van der Waals surface area contributed by atoms with Crippen LogP contribution in [0.4, 0.5) is 5.69 Å². The lowest BCUT2D eigenvalue weighted by atomic mass is 10.2. The molecule has 0 amide bonds. The first-order valence-corrected chi connectivity index (χ1v) is 8.04. The van der Waals surface area contributed by atoms with Gasteiger partial charge < -0.3 is 0 Å². The monoisotopic (exact) mass is 353 g/mol. The van der Waals surface area contributed by atoms with E-state index < -0.39 is 10.0 Å². The number of hydrogen-bond acceptors (Lipinski definition) is 3. The second-order valence-electron chi connectivity index (χ2n) is 4.27. The highest BCUT2D eigenvalue weighted by molar-refractivity contribution is 9.10. The van der Waals surface area contributed by atoms with Crippen molar-refractivity contribution in [1.82, 2.24) is 0 Å². The first-order chi connectivity index (χ1) is 9.42. The van der Waals surface area contributed by atoms with E-state index >= 15 is 0 Å². The molecule has 0 aliphatic carbocycles. The number of aryl methyl sites for hydroxylation is 1. The van der Waals surface area contributed by atoms with Gasteiger partial charge >= 0.3 is 0 Å². The number of carbonyl (C=O) groups excluding carboxylic acids is 1. The van der Waals surface area contributed by atoms with Crippen molar-refractivity contribution < 1.29 is 13.2 Å². The Labute approximate surface area is 126 Å². The van der Waals surface area contributed by atoms with E-state index in [0.29, 0.717) is 10.8 Å². The summed E-state index contributed by atoms with van der Waals surface area (Å²) in [4.78, 5) is 11.1. The van der Waals surface area contributed by atoms with Crippen molar-refractivity contribution in [2.24, 2.45) is 0 Å². The van der Waals surface area contributed by atoms with E-state index in [4.69, 9.17) is 0 Å². The Hall–Kier alpha value is -1.66. The fourth-order valence-corrected chi connectivity index (χ4v) is 3.11. The number of rotatable bonds is 4. The fourth-order valence-electron chi connectivity index (χ4n) is 1.65. The molecule has 0 spiro atoms. The first-order valence-electron chi connectivity index (χ1n) is 5.76. The summed E-state index contributed by atoms with van der Waals surface area (Å²) in [5, 5.41) is 0. The van der Waals surface area contributed by atoms with Crippen molar-refractivity contribution >= 4 is 37.9 Å². The second kappa shape index (κ2) is 5.76. The van der Waals surface area contributed by atoms with Crippen LogP contribution >= 0.6 is 15.9 Å². The summed E-state index contributed by atoms with van der Waals surface area (Å²) >= 11 is 3.23. The van der Waals surface area contributed by atoms with E-state index in [1.54, 1.807) is 30.3 Å². The van der Waals surface area contributed by atoms with Gasteiger partial charge in [-0.1, -0.05) is 33.6 Å². The largest absolute Gasteiger partial charge is 0.298 e. The Morgan fingerprint density at radius 2 is 1.75 bits per heavy atom. The predicted octanol–water partition coefficient (Wildman–Crippen LogP) is 3.37. The molecule has 0 heterocycles. The molecule has 2 aromatic carbocycles. The van der Waals surface area contributed by atoms with Crippen molar-refractivity contribution in [1.29, 1.82) is 0 Å². The van der Waals surface area contributed by atoms with Gasteiger partial charge in [-0.15, -0.1) is 0 Å². The molecule has 2 rings (SSSR count). The van der Waals surface area contributed by atoms with Crippen LogP contribution < -0.4 is 4.72 Å². The summed E-state index contributed by atoms with van der Waals surface area (Å²) < 4.78 is 27.6. The topological polar surface area (TPSA) is 63.2 Å². The molecule has 0 aliphatic rings. The molecule has 0 saturated heterocycles. The van der Waals surface area contributed by atoms with Crippen LogP contribution in [0.1, 0.15) is 15.9 Å². The maximum atomic E-state index is 12.2. The highest BCUT2D eigenvalue weighted by Gasteiger charge is 2.15. The number of nitrogens with one attached hydrogen (secondary N) is 1. The van der Waals surface area contributed by atoms with Crippen LogP contribution in [0.3, 0.4) is 0 Å². The van der Waals surface area contributed by atoms with Crippen LogP contribution in [0.2, 0.25) is 0 Å². The summed E-state index contributed by atoms with van der Waals surface area (Å²) in [7, 11) is -3.70. The Morgan fingerprint density at radius 3 is 2.35 bits per heavy atom. The van der Waals surface area contributed by atoms with E-state index in [2.05, 4.69) is 20.7 Å². The van der Waals surface area contributed by atoms with Gasteiger partial charge in [0.1, 0.15) is 0 Å². The Morgan fingerprint density at radius 1 is 1.10 bits per heavy atom. The average Bonchev–Trinajstić information content (AvgIpc) is 2.41. The van der Waals surface area contributed by atoms with E-state index in [1.165, 1.54) is 12.1 Å². The van der Waals surface area contributed by atoms with Crippen LogP contribution in [-0.4, -0.2) is 14.7 Å². The van der Waals surface area contributed by atoms with Crippen LogP contribution in [0.5, 0.6) is 0 Å². The third-order valence-electron chi connectivity index (χ3n) is 2.72. The van der Waals surface area contributed by atoms with Gasteiger partial charge in [-0.3, -0.25) is 9.52 Å². The molecule has 0 saturated carbocycles. The number of hydrogen-bond donors (Lipinski definition) is 1.